The van der Waals surface area contributed by atoms with Gasteiger partial charge < -0.3 is 19.6 Å². The second-order valence-electron chi connectivity index (χ2n) is 6.35. The summed E-state index contributed by atoms with van der Waals surface area (Å²) in [6, 6.07) is 18.7. The number of phenols is 1. The number of phenolic OH excluding ortho intramolecular Hbond substituents is 1. The third-order valence-electron chi connectivity index (χ3n) is 4.55. The highest BCUT2D eigenvalue weighted by molar-refractivity contribution is 5.86. The van der Waals surface area contributed by atoms with E-state index in [0.717, 1.165) is 22.5 Å². The maximum absolute atomic E-state index is 10.9. The van der Waals surface area contributed by atoms with Crippen molar-refractivity contribution in [2.45, 2.75) is 13.0 Å². The minimum Gasteiger partial charge on any atom is -0.505 e. The standard InChI is InChI=1S/C22H20N2O3/c1-14-5-6-15-7-12-18(22(25)20(15)23-14)21(19-4-3-13-27-19)24-16-8-10-17(26-2)11-9-16/h3-13,21,24-25H,1-2H3. The van der Waals surface area contributed by atoms with Gasteiger partial charge in [0.1, 0.15) is 28.8 Å². The Labute approximate surface area is 157 Å². The van der Waals surface area contributed by atoms with Gasteiger partial charge in [-0.1, -0.05) is 18.2 Å². The molecule has 1 atom stereocenters. The van der Waals surface area contributed by atoms with Gasteiger partial charge in [0, 0.05) is 22.3 Å². The molecule has 0 saturated carbocycles. The van der Waals surface area contributed by atoms with Crippen LogP contribution in [0.5, 0.6) is 11.5 Å². The van der Waals surface area contributed by atoms with Gasteiger partial charge in [-0.15, -0.1) is 0 Å². The second-order valence-corrected chi connectivity index (χ2v) is 6.35. The Morgan fingerprint density at radius 2 is 1.81 bits per heavy atom. The van der Waals surface area contributed by atoms with Crippen LogP contribution in [0.25, 0.3) is 10.9 Å². The lowest BCUT2D eigenvalue weighted by Gasteiger charge is -2.20. The van der Waals surface area contributed by atoms with Crippen molar-refractivity contribution in [2.75, 3.05) is 12.4 Å². The number of ether oxygens (including phenoxy) is 1. The summed E-state index contributed by atoms with van der Waals surface area (Å²) in [5.74, 6) is 1.63. The molecule has 136 valence electrons. The number of benzene rings is 2. The first-order valence-corrected chi connectivity index (χ1v) is 8.69. The molecule has 0 fully saturated rings. The van der Waals surface area contributed by atoms with E-state index in [1.807, 2.05) is 67.6 Å². The van der Waals surface area contributed by atoms with E-state index >= 15 is 0 Å². The number of rotatable bonds is 5. The SMILES string of the molecule is COc1ccc(NC(c2ccco2)c2ccc3ccc(C)nc3c2O)cc1. The summed E-state index contributed by atoms with van der Waals surface area (Å²) in [4.78, 5) is 4.50. The van der Waals surface area contributed by atoms with E-state index in [2.05, 4.69) is 10.3 Å². The van der Waals surface area contributed by atoms with Gasteiger partial charge in [0.05, 0.1) is 13.4 Å². The first kappa shape index (κ1) is 17.0. The Balaban J connectivity index is 1.79. The molecule has 0 spiro atoms. The molecule has 2 N–H and O–H groups in total. The number of aromatic hydroxyl groups is 1. The van der Waals surface area contributed by atoms with Crippen LogP contribution in [0.4, 0.5) is 5.69 Å². The van der Waals surface area contributed by atoms with Crippen molar-refractivity contribution < 1.29 is 14.3 Å². The van der Waals surface area contributed by atoms with E-state index in [1.165, 1.54) is 0 Å². The van der Waals surface area contributed by atoms with E-state index in [0.29, 0.717) is 16.8 Å². The fourth-order valence-corrected chi connectivity index (χ4v) is 3.13. The fourth-order valence-electron chi connectivity index (χ4n) is 3.13. The van der Waals surface area contributed by atoms with E-state index < -0.39 is 0 Å². The number of aryl methyl sites for hydroxylation is 1. The first-order valence-electron chi connectivity index (χ1n) is 8.69. The maximum Gasteiger partial charge on any atom is 0.147 e. The number of nitrogens with zero attached hydrogens (tertiary/aromatic N) is 1. The van der Waals surface area contributed by atoms with E-state index in [4.69, 9.17) is 9.15 Å². The zero-order valence-corrected chi connectivity index (χ0v) is 15.1. The summed E-state index contributed by atoms with van der Waals surface area (Å²) in [6.45, 7) is 1.91. The molecule has 5 nitrogen and oxygen atoms in total. The minimum absolute atomic E-state index is 0.151. The molecule has 1 unspecified atom stereocenters. The molecule has 0 aliphatic heterocycles. The zero-order chi connectivity index (χ0) is 18.8. The summed E-state index contributed by atoms with van der Waals surface area (Å²) in [7, 11) is 1.64. The smallest absolute Gasteiger partial charge is 0.147 e. The van der Waals surface area contributed by atoms with E-state index in [9.17, 15) is 5.11 Å². The number of hydrogen-bond donors (Lipinski definition) is 2. The summed E-state index contributed by atoms with van der Waals surface area (Å²) in [5.41, 5.74) is 3.02. The number of nitrogens with one attached hydrogen (secondary N) is 1. The molecule has 0 aliphatic carbocycles. The van der Waals surface area contributed by atoms with Crippen molar-refractivity contribution in [3.63, 3.8) is 0 Å². The topological polar surface area (TPSA) is 67.5 Å². The number of hydrogen-bond acceptors (Lipinski definition) is 5. The first-order chi connectivity index (χ1) is 13.2. The van der Waals surface area contributed by atoms with Gasteiger partial charge in [-0.3, -0.25) is 0 Å². The van der Waals surface area contributed by atoms with Crippen molar-refractivity contribution in [1.29, 1.82) is 0 Å². The van der Waals surface area contributed by atoms with Gasteiger partial charge in [-0.2, -0.15) is 0 Å². The van der Waals surface area contributed by atoms with Crippen molar-refractivity contribution in [1.82, 2.24) is 4.98 Å². The number of furan rings is 1. The molecule has 0 aliphatic rings. The lowest BCUT2D eigenvalue weighted by Crippen LogP contribution is -2.12. The van der Waals surface area contributed by atoms with E-state index in [1.54, 1.807) is 13.4 Å². The number of pyridine rings is 1. The Bertz CT molecular complexity index is 1060. The molecule has 2 aromatic carbocycles. The normalized spacial score (nSPS) is 12.1. The fraction of sp³-hybridized carbons (Fsp3) is 0.136. The van der Waals surface area contributed by atoms with Crippen LogP contribution in [0, 0.1) is 6.92 Å². The number of anilines is 1. The molecule has 0 saturated heterocycles. The van der Waals surface area contributed by atoms with Crippen LogP contribution in [-0.4, -0.2) is 17.2 Å². The van der Waals surface area contributed by atoms with Crippen LogP contribution in [0.2, 0.25) is 0 Å². The predicted octanol–water partition coefficient (Wildman–Crippen LogP) is 5.05. The monoisotopic (exact) mass is 360 g/mol. The molecule has 0 bridgehead atoms. The van der Waals surface area contributed by atoms with Crippen molar-refractivity contribution in [3.05, 3.63) is 83.9 Å². The van der Waals surface area contributed by atoms with Gasteiger partial charge in [-0.05, 0) is 49.4 Å². The summed E-state index contributed by atoms with van der Waals surface area (Å²) >= 11 is 0. The predicted molar refractivity (Wildman–Crippen MR) is 105 cm³/mol. The number of aromatic nitrogens is 1. The van der Waals surface area contributed by atoms with Crippen LogP contribution < -0.4 is 10.1 Å². The van der Waals surface area contributed by atoms with Crippen molar-refractivity contribution in [2.24, 2.45) is 0 Å². The molecule has 2 aromatic heterocycles. The van der Waals surface area contributed by atoms with Gasteiger partial charge in [0.25, 0.3) is 0 Å². The average molecular weight is 360 g/mol. The molecule has 4 aromatic rings. The molecule has 5 heteroatoms. The molecule has 4 rings (SSSR count). The largest absolute Gasteiger partial charge is 0.505 e. The number of methoxy groups -OCH3 is 1. The van der Waals surface area contributed by atoms with Crippen LogP contribution in [-0.2, 0) is 0 Å². The summed E-state index contributed by atoms with van der Waals surface area (Å²) in [6.07, 6.45) is 1.62. The quantitative estimate of drug-likeness (QED) is 0.521. The average Bonchev–Trinajstić information content (AvgIpc) is 3.22. The van der Waals surface area contributed by atoms with Crippen molar-refractivity contribution >= 4 is 16.6 Å². The van der Waals surface area contributed by atoms with Crippen LogP contribution >= 0.6 is 0 Å². The molecule has 2 heterocycles. The van der Waals surface area contributed by atoms with Gasteiger partial charge in [0.15, 0.2) is 0 Å². The Hall–Kier alpha value is -3.47. The second kappa shape index (κ2) is 7.03. The van der Waals surface area contributed by atoms with Crippen molar-refractivity contribution in [3.8, 4) is 11.5 Å². The molecule has 0 amide bonds. The highest BCUT2D eigenvalue weighted by atomic mass is 16.5. The maximum atomic E-state index is 10.9. The van der Waals surface area contributed by atoms with Gasteiger partial charge in [0.2, 0.25) is 0 Å². The van der Waals surface area contributed by atoms with Crippen LogP contribution in [0.1, 0.15) is 23.1 Å². The van der Waals surface area contributed by atoms with Crippen LogP contribution in [0.3, 0.4) is 0 Å². The Morgan fingerprint density at radius 1 is 1.04 bits per heavy atom. The van der Waals surface area contributed by atoms with Crippen LogP contribution in [0.15, 0.2) is 71.3 Å². The zero-order valence-electron chi connectivity index (χ0n) is 15.1. The molecular weight excluding hydrogens is 340 g/mol. The highest BCUT2D eigenvalue weighted by Gasteiger charge is 2.22. The lowest BCUT2D eigenvalue weighted by molar-refractivity contribution is 0.415. The van der Waals surface area contributed by atoms with E-state index in [-0.39, 0.29) is 11.8 Å². The third kappa shape index (κ3) is 3.31. The Morgan fingerprint density at radius 3 is 2.52 bits per heavy atom. The number of fused-ring (bicyclic) bond motifs is 1. The molecule has 27 heavy (non-hydrogen) atoms. The molecular formula is C22H20N2O3. The lowest BCUT2D eigenvalue weighted by atomic mass is 10.00. The minimum atomic E-state index is -0.361. The van der Waals surface area contributed by atoms with Gasteiger partial charge >= 0.3 is 0 Å². The third-order valence-corrected chi connectivity index (χ3v) is 4.55. The molecule has 0 radical (unpaired) electrons. The summed E-state index contributed by atoms with van der Waals surface area (Å²) in [5, 5.41) is 15.3. The Kier molecular flexibility index (Phi) is 4.42. The summed E-state index contributed by atoms with van der Waals surface area (Å²) < 4.78 is 10.9. The van der Waals surface area contributed by atoms with Gasteiger partial charge in [-0.25, -0.2) is 4.98 Å². The highest BCUT2D eigenvalue weighted by Crippen LogP contribution is 2.37.